The molecule has 1 unspecified atom stereocenters. The zero-order valence-electron chi connectivity index (χ0n) is 16.7. The van der Waals surface area contributed by atoms with Crippen LogP contribution in [-0.2, 0) is 0 Å². The van der Waals surface area contributed by atoms with Gasteiger partial charge in [-0.1, -0.05) is 50.2 Å². The fourth-order valence-corrected chi connectivity index (χ4v) is 3.44. The molecule has 28 heavy (non-hydrogen) atoms. The zero-order valence-corrected chi connectivity index (χ0v) is 16.7. The lowest BCUT2D eigenvalue weighted by atomic mass is 10.0. The summed E-state index contributed by atoms with van der Waals surface area (Å²) in [5, 5.41) is 4.09. The first kappa shape index (κ1) is 19.8. The van der Waals surface area contributed by atoms with Crippen molar-refractivity contribution in [1.29, 1.82) is 0 Å². The van der Waals surface area contributed by atoms with Crippen molar-refractivity contribution in [2.75, 3.05) is 26.7 Å². The molecule has 5 nitrogen and oxygen atoms in total. The fourth-order valence-electron chi connectivity index (χ4n) is 3.44. The van der Waals surface area contributed by atoms with Crippen LogP contribution in [0.1, 0.15) is 35.9 Å². The molecule has 1 N–H and O–H groups in total. The predicted molar refractivity (Wildman–Crippen MR) is 113 cm³/mol. The maximum Gasteiger partial charge on any atom is 0.269 e. The Balaban J connectivity index is 1.78. The number of pyridine rings is 1. The Bertz CT molecular complexity index is 938. The third kappa shape index (κ3) is 4.49. The summed E-state index contributed by atoms with van der Waals surface area (Å²) in [4.78, 5) is 19.5. The minimum absolute atomic E-state index is 0.0644. The Morgan fingerprint density at radius 1 is 1.07 bits per heavy atom. The van der Waals surface area contributed by atoms with Gasteiger partial charge in [-0.3, -0.25) is 9.69 Å². The van der Waals surface area contributed by atoms with Crippen LogP contribution in [0.3, 0.4) is 0 Å². The molecule has 3 aromatic rings. The molecule has 0 bridgehead atoms. The number of benzene rings is 2. The minimum Gasteiger partial charge on any atom is -0.497 e. The second kappa shape index (κ2) is 9.33. The van der Waals surface area contributed by atoms with E-state index in [9.17, 15) is 4.79 Å². The Kier molecular flexibility index (Phi) is 6.61. The van der Waals surface area contributed by atoms with E-state index in [4.69, 9.17) is 4.74 Å². The highest BCUT2D eigenvalue weighted by atomic mass is 16.5. The molecule has 0 saturated heterocycles. The van der Waals surface area contributed by atoms with Gasteiger partial charge in [-0.15, -0.1) is 0 Å². The normalized spacial score (nSPS) is 12.1. The number of nitrogens with one attached hydrogen (secondary N) is 1. The Hall–Kier alpha value is -2.92. The first-order valence-corrected chi connectivity index (χ1v) is 9.68. The van der Waals surface area contributed by atoms with Crippen LogP contribution >= 0.6 is 0 Å². The average Bonchev–Trinajstić information content (AvgIpc) is 2.76. The van der Waals surface area contributed by atoms with E-state index < -0.39 is 0 Å². The van der Waals surface area contributed by atoms with Gasteiger partial charge in [0.2, 0.25) is 0 Å². The number of hydrogen-bond acceptors (Lipinski definition) is 4. The van der Waals surface area contributed by atoms with Crippen LogP contribution in [0, 0.1) is 0 Å². The van der Waals surface area contributed by atoms with Crippen LogP contribution in [0.25, 0.3) is 10.9 Å². The number of aromatic nitrogens is 1. The minimum atomic E-state index is -0.161. The molecule has 1 amide bonds. The van der Waals surface area contributed by atoms with Gasteiger partial charge < -0.3 is 10.1 Å². The van der Waals surface area contributed by atoms with Crippen molar-refractivity contribution in [3.05, 3.63) is 71.9 Å². The van der Waals surface area contributed by atoms with Crippen LogP contribution in [-0.4, -0.2) is 42.5 Å². The average molecular weight is 377 g/mol. The molecule has 0 aliphatic carbocycles. The fraction of sp³-hybridized carbons (Fsp3) is 0.304. The van der Waals surface area contributed by atoms with Gasteiger partial charge in [0.15, 0.2) is 0 Å². The van der Waals surface area contributed by atoms with Gasteiger partial charge in [0.1, 0.15) is 11.4 Å². The Morgan fingerprint density at radius 3 is 2.61 bits per heavy atom. The highest BCUT2D eigenvalue weighted by Crippen LogP contribution is 2.24. The van der Waals surface area contributed by atoms with Gasteiger partial charge in [0.25, 0.3) is 5.91 Å². The van der Waals surface area contributed by atoms with Crippen molar-refractivity contribution in [2.45, 2.75) is 19.9 Å². The third-order valence-corrected chi connectivity index (χ3v) is 5.02. The Morgan fingerprint density at radius 2 is 1.86 bits per heavy atom. The van der Waals surface area contributed by atoms with Crippen LogP contribution in [0.15, 0.2) is 60.7 Å². The second-order valence-electron chi connectivity index (χ2n) is 6.61. The first-order chi connectivity index (χ1) is 13.7. The molecule has 146 valence electrons. The van der Waals surface area contributed by atoms with E-state index in [1.807, 2.05) is 48.5 Å². The van der Waals surface area contributed by atoms with E-state index >= 15 is 0 Å². The van der Waals surface area contributed by atoms with E-state index in [1.165, 1.54) is 0 Å². The standard InChI is InChI=1S/C23H27N3O2/c1-4-26(5-2)22(18-10-8-11-19(15-18)28-3)16-24-23(27)21-14-13-17-9-6-7-12-20(17)25-21/h6-15,22H,4-5,16H2,1-3H3,(H,24,27). The summed E-state index contributed by atoms with van der Waals surface area (Å²) >= 11 is 0. The van der Waals surface area contributed by atoms with E-state index in [0.29, 0.717) is 12.2 Å². The molecule has 0 fully saturated rings. The summed E-state index contributed by atoms with van der Waals surface area (Å²) in [6, 6.07) is 19.6. The van der Waals surface area contributed by atoms with Crippen molar-refractivity contribution in [2.24, 2.45) is 0 Å². The number of para-hydroxylation sites is 1. The number of rotatable bonds is 8. The van der Waals surface area contributed by atoms with E-state index in [1.54, 1.807) is 13.2 Å². The molecule has 3 rings (SSSR count). The van der Waals surface area contributed by atoms with E-state index in [-0.39, 0.29) is 11.9 Å². The number of carbonyl (C=O) groups excluding carboxylic acids is 1. The molecule has 0 spiro atoms. The monoisotopic (exact) mass is 377 g/mol. The van der Waals surface area contributed by atoms with Gasteiger partial charge in [-0.25, -0.2) is 4.98 Å². The maximum atomic E-state index is 12.7. The van der Waals surface area contributed by atoms with Crippen molar-refractivity contribution >= 4 is 16.8 Å². The number of amides is 1. The number of hydrogen-bond donors (Lipinski definition) is 1. The number of likely N-dealkylation sites (N-methyl/N-ethyl adjacent to an activating group) is 1. The lowest BCUT2D eigenvalue weighted by molar-refractivity contribution is 0.0930. The predicted octanol–water partition coefficient (Wildman–Crippen LogP) is 4.06. The zero-order chi connectivity index (χ0) is 19.9. The molecule has 5 heteroatoms. The number of fused-ring (bicyclic) bond motifs is 1. The van der Waals surface area contributed by atoms with Crippen molar-refractivity contribution in [1.82, 2.24) is 15.2 Å². The molecule has 0 radical (unpaired) electrons. The highest BCUT2D eigenvalue weighted by Gasteiger charge is 2.20. The quantitative estimate of drug-likeness (QED) is 0.643. The Labute approximate surface area is 166 Å². The maximum absolute atomic E-state index is 12.7. The smallest absolute Gasteiger partial charge is 0.269 e. The lowest BCUT2D eigenvalue weighted by Crippen LogP contribution is -2.38. The number of nitrogens with zero attached hydrogens (tertiary/aromatic N) is 2. The number of carbonyl (C=O) groups is 1. The van der Waals surface area contributed by atoms with Crippen LogP contribution < -0.4 is 10.1 Å². The molecule has 0 aliphatic heterocycles. The van der Waals surface area contributed by atoms with Gasteiger partial charge in [0.05, 0.1) is 18.7 Å². The molecule has 0 aliphatic rings. The summed E-state index contributed by atoms with van der Waals surface area (Å²) in [5.74, 6) is 0.656. The van der Waals surface area contributed by atoms with Crippen LogP contribution in [0.4, 0.5) is 0 Å². The highest BCUT2D eigenvalue weighted by molar-refractivity contribution is 5.94. The van der Waals surface area contributed by atoms with Gasteiger partial charge in [-0.05, 0) is 42.9 Å². The molecule has 1 atom stereocenters. The van der Waals surface area contributed by atoms with Gasteiger partial charge >= 0.3 is 0 Å². The SMILES string of the molecule is CCN(CC)C(CNC(=O)c1ccc2ccccc2n1)c1cccc(OC)c1. The number of methoxy groups -OCH3 is 1. The van der Waals surface area contributed by atoms with Crippen molar-refractivity contribution < 1.29 is 9.53 Å². The molecule has 1 aromatic heterocycles. The van der Waals surface area contributed by atoms with Crippen molar-refractivity contribution in [3.8, 4) is 5.75 Å². The molecular weight excluding hydrogens is 350 g/mol. The second-order valence-corrected chi connectivity index (χ2v) is 6.61. The molecule has 1 heterocycles. The first-order valence-electron chi connectivity index (χ1n) is 9.68. The summed E-state index contributed by atoms with van der Waals surface area (Å²) < 4.78 is 5.37. The van der Waals surface area contributed by atoms with Crippen molar-refractivity contribution in [3.63, 3.8) is 0 Å². The van der Waals surface area contributed by atoms with Crippen LogP contribution in [0.2, 0.25) is 0 Å². The van der Waals surface area contributed by atoms with E-state index in [0.717, 1.165) is 35.3 Å². The van der Waals surface area contributed by atoms with Gasteiger partial charge in [-0.2, -0.15) is 0 Å². The summed E-state index contributed by atoms with van der Waals surface area (Å²) in [7, 11) is 1.67. The molecule has 0 saturated carbocycles. The third-order valence-electron chi connectivity index (χ3n) is 5.02. The largest absolute Gasteiger partial charge is 0.497 e. The summed E-state index contributed by atoms with van der Waals surface area (Å²) in [6.45, 7) is 6.54. The number of ether oxygens (including phenoxy) is 1. The van der Waals surface area contributed by atoms with Crippen LogP contribution in [0.5, 0.6) is 5.75 Å². The van der Waals surface area contributed by atoms with Gasteiger partial charge in [0, 0.05) is 11.9 Å². The van der Waals surface area contributed by atoms with E-state index in [2.05, 4.69) is 35.1 Å². The molecular formula is C23H27N3O2. The lowest BCUT2D eigenvalue weighted by Gasteiger charge is -2.30. The summed E-state index contributed by atoms with van der Waals surface area (Å²) in [5.41, 5.74) is 2.38. The topological polar surface area (TPSA) is 54.5 Å². The molecule has 2 aromatic carbocycles. The summed E-state index contributed by atoms with van der Waals surface area (Å²) in [6.07, 6.45) is 0.